The average molecular weight is 599 g/mol. The van der Waals surface area contributed by atoms with Crippen LogP contribution in [0.5, 0.6) is 5.88 Å². The number of anilines is 2. The molecule has 11 nitrogen and oxygen atoms in total. The molecule has 1 fully saturated rings. The van der Waals surface area contributed by atoms with E-state index in [4.69, 9.17) is 4.74 Å². The third kappa shape index (κ3) is 5.26. The molecule has 2 aromatic heterocycles. The number of nitrogens with one attached hydrogen (secondary N) is 2. The highest BCUT2D eigenvalue weighted by Gasteiger charge is 2.59. The van der Waals surface area contributed by atoms with Crippen molar-refractivity contribution in [2.24, 2.45) is 5.92 Å². The lowest BCUT2D eigenvalue weighted by Crippen LogP contribution is -2.65. The van der Waals surface area contributed by atoms with Crippen molar-refractivity contribution in [2.75, 3.05) is 49.2 Å². The second-order valence-electron chi connectivity index (χ2n) is 11.6. The van der Waals surface area contributed by atoms with Crippen LogP contribution in [-0.4, -0.2) is 80.7 Å². The van der Waals surface area contributed by atoms with Gasteiger partial charge in [0.25, 0.3) is 0 Å². The molecule has 13 heteroatoms. The summed E-state index contributed by atoms with van der Waals surface area (Å²) in [6.45, 7) is 8.84. The van der Waals surface area contributed by atoms with Gasteiger partial charge < -0.3 is 19.9 Å². The lowest BCUT2D eigenvalue weighted by Gasteiger charge is -2.47. The highest BCUT2D eigenvalue weighted by Crippen LogP contribution is 2.50. The number of amides is 2. The summed E-state index contributed by atoms with van der Waals surface area (Å²) in [5, 5.41) is 3.79. The monoisotopic (exact) mass is 598 g/mol. The average Bonchev–Trinajstić information content (AvgIpc) is 3.11. The Hall–Kier alpha value is -3.84. The fourth-order valence-electron chi connectivity index (χ4n) is 5.62. The summed E-state index contributed by atoms with van der Waals surface area (Å²) in [4.78, 5) is 38.1. The second kappa shape index (κ2) is 10.8. The number of ether oxygens (including phenoxy) is 1. The second-order valence-corrected chi connectivity index (χ2v) is 13.3. The van der Waals surface area contributed by atoms with Gasteiger partial charge in [0.1, 0.15) is 23.5 Å². The van der Waals surface area contributed by atoms with Crippen LogP contribution in [0.15, 0.2) is 30.6 Å². The van der Waals surface area contributed by atoms with Crippen molar-refractivity contribution in [3.63, 3.8) is 0 Å². The molecule has 3 aromatic rings. The maximum atomic E-state index is 15.6. The fraction of sp³-hybridized carbons (Fsp3) is 0.448. The van der Waals surface area contributed by atoms with E-state index < -0.39 is 21.3 Å². The Labute approximate surface area is 244 Å². The third-order valence-electron chi connectivity index (χ3n) is 7.57. The lowest BCUT2D eigenvalue weighted by molar-refractivity contribution is -0.146. The van der Waals surface area contributed by atoms with Crippen molar-refractivity contribution in [3.05, 3.63) is 42.0 Å². The molecular formula is C29H35FN6O5S. The molecule has 4 heterocycles. The molecule has 0 saturated carbocycles. The van der Waals surface area contributed by atoms with Crippen LogP contribution in [0.25, 0.3) is 22.0 Å². The first-order valence-electron chi connectivity index (χ1n) is 13.8. The number of halogens is 1. The van der Waals surface area contributed by atoms with E-state index >= 15 is 4.39 Å². The maximum absolute atomic E-state index is 15.6. The number of fused-ring (bicyclic) bond motifs is 4. The Morgan fingerprint density at radius 1 is 1.14 bits per heavy atom. The number of rotatable bonds is 9. The van der Waals surface area contributed by atoms with Crippen molar-refractivity contribution < 1.29 is 27.1 Å². The molecule has 5 rings (SSSR count). The zero-order chi connectivity index (χ0) is 30.6. The number of likely N-dealkylation sites (tertiary alicyclic amines) is 1. The Bertz CT molecular complexity index is 1690. The molecule has 2 aliphatic rings. The minimum atomic E-state index is -3.70. The van der Waals surface area contributed by atoms with Crippen molar-refractivity contribution in [1.82, 2.24) is 20.2 Å². The van der Waals surface area contributed by atoms with Crippen LogP contribution < -0.4 is 19.7 Å². The highest BCUT2D eigenvalue weighted by atomic mass is 32.2. The number of pyridine rings is 2. The minimum Gasteiger partial charge on any atom is -0.475 e. The summed E-state index contributed by atoms with van der Waals surface area (Å²) in [5.74, 6) is -0.899. The Balaban J connectivity index is 1.58. The molecule has 0 atom stereocenters. The molecule has 1 saturated heterocycles. The number of carbonyl (C=O) groups excluding carboxylic acids is 2. The normalized spacial score (nSPS) is 16.0. The van der Waals surface area contributed by atoms with Crippen molar-refractivity contribution >= 4 is 44.1 Å². The molecule has 1 aromatic carbocycles. The van der Waals surface area contributed by atoms with E-state index in [1.807, 2.05) is 27.7 Å². The van der Waals surface area contributed by atoms with Crippen molar-refractivity contribution in [2.45, 2.75) is 39.2 Å². The zero-order valence-electron chi connectivity index (χ0n) is 24.5. The number of hydrogen-bond donors (Lipinski definition) is 2. The van der Waals surface area contributed by atoms with E-state index in [2.05, 4.69) is 20.0 Å². The topological polar surface area (TPSA) is 134 Å². The van der Waals surface area contributed by atoms with Gasteiger partial charge in [-0.2, -0.15) is 0 Å². The summed E-state index contributed by atoms with van der Waals surface area (Å²) in [5.41, 5.74) is 1.26. The van der Waals surface area contributed by atoms with Gasteiger partial charge in [-0.25, -0.2) is 17.8 Å². The SMILES string of the molecule is CC(C)NCCOc1ncc(-c2cc3c4c(cnc3cc2F)N(C)C(=O)C42CN(C(=O)C(C)C)C2)cc1NS(C)(=O)=O. The predicted molar refractivity (Wildman–Crippen MR) is 159 cm³/mol. The number of hydrogen-bond acceptors (Lipinski definition) is 8. The summed E-state index contributed by atoms with van der Waals surface area (Å²) in [6, 6.07) is 4.63. The molecule has 0 radical (unpaired) electrons. The van der Waals surface area contributed by atoms with E-state index in [1.54, 1.807) is 24.2 Å². The van der Waals surface area contributed by atoms with Crippen LogP contribution in [0.2, 0.25) is 0 Å². The molecule has 0 unspecified atom stereocenters. The van der Waals surface area contributed by atoms with E-state index in [0.29, 0.717) is 34.3 Å². The van der Waals surface area contributed by atoms with Gasteiger partial charge in [-0.15, -0.1) is 0 Å². The molecule has 1 spiro atoms. The summed E-state index contributed by atoms with van der Waals surface area (Å²) >= 11 is 0. The number of likely N-dealkylation sites (N-methyl/N-ethyl adjacent to an activating group) is 1. The first-order valence-corrected chi connectivity index (χ1v) is 15.6. The van der Waals surface area contributed by atoms with Crippen LogP contribution in [0, 0.1) is 11.7 Å². The third-order valence-corrected chi connectivity index (χ3v) is 8.16. The fourth-order valence-corrected chi connectivity index (χ4v) is 6.17. The molecule has 2 amide bonds. The van der Waals surface area contributed by atoms with Crippen LogP contribution in [0.4, 0.5) is 15.8 Å². The maximum Gasteiger partial charge on any atom is 0.241 e. The minimum absolute atomic E-state index is 0.0334. The van der Waals surface area contributed by atoms with Gasteiger partial charge in [-0.3, -0.25) is 19.3 Å². The molecular weight excluding hydrogens is 563 g/mol. The van der Waals surface area contributed by atoms with Crippen molar-refractivity contribution in [3.8, 4) is 17.0 Å². The van der Waals surface area contributed by atoms with E-state index in [-0.39, 0.29) is 60.6 Å². The zero-order valence-corrected chi connectivity index (χ0v) is 25.3. The van der Waals surface area contributed by atoms with Gasteiger partial charge in [0.15, 0.2) is 0 Å². The first kappa shape index (κ1) is 29.6. The van der Waals surface area contributed by atoms with E-state index in [1.165, 1.54) is 23.2 Å². The molecule has 42 heavy (non-hydrogen) atoms. The van der Waals surface area contributed by atoms with Gasteiger partial charge in [0.2, 0.25) is 27.7 Å². The number of aromatic nitrogens is 2. The number of benzene rings is 1. The van der Waals surface area contributed by atoms with Crippen molar-refractivity contribution in [1.29, 1.82) is 0 Å². The summed E-state index contributed by atoms with van der Waals surface area (Å²) in [6.07, 6.45) is 3.99. The predicted octanol–water partition coefficient (Wildman–Crippen LogP) is 2.90. The Kier molecular flexibility index (Phi) is 7.60. The number of sulfonamides is 1. The molecule has 2 N–H and O–H groups in total. The van der Waals surface area contributed by atoms with E-state index in [0.717, 1.165) is 6.26 Å². The van der Waals surface area contributed by atoms with Gasteiger partial charge in [-0.05, 0) is 12.1 Å². The number of carbonyl (C=O) groups is 2. The molecule has 224 valence electrons. The quantitative estimate of drug-likeness (QED) is 0.359. The van der Waals surface area contributed by atoms with Gasteiger partial charge in [-0.1, -0.05) is 27.7 Å². The van der Waals surface area contributed by atoms with Crippen LogP contribution >= 0.6 is 0 Å². The van der Waals surface area contributed by atoms with Gasteiger partial charge >= 0.3 is 0 Å². The Morgan fingerprint density at radius 2 is 1.86 bits per heavy atom. The highest BCUT2D eigenvalue weighted by molar-refractivity contribution is 7.92. The van der Waals surface area contributed by atoms with Crippen LogP contribution in [0.1, 0.15) is 33.3 Å². The summed E-state index contributed by atoms with van der Waals surface area (Å²) in [7, 11) is -2.03. The van der Waals surface area contributed by atoms with Crippen LogP contribution in [0.3, 0.4) is 0 Å². The molecule has 0 bridgehead atoms. The van der Waals surface area contributed by atoms with E-state index in [9.17, 15) is 18.0 Å². The van der Waals surface area contributed by atoms with Gasteiger partial charge in [0.05, 0.1) is 23.7 Å². The van der Waals surface area contributed by atoms with Gasteiger partial charge in [0, 0.05) is 73.0 Å². The molecule has 2 aliphatic heterocycles. The smallest absolute Gasteiger partial charge is 0.241 e. The first-order chi connectivity index (χ1) is 19.7. The lowest BCUT2D eigenvalue weighted by atomic mass is 9.73. The van der Waals surface area contributed by atoms with Crippen LogP contribution in [-0.2, 0) is 25.0 Å². The molecule has 0 aliphatic carbocycles. The number of nitrogens with zero attached hydrogens (tertiary/aromatic N) is 4. The summed E-state index contributed by atoms with van der Waals surface area (Å²) < 4.78 is 48.0. The largest absolute Gasteiger partial charge is 0.475 e. The standard InChI is InChI=1S/C29H35FN6O5S/c1-16(2)27(37)36-14-29(15-36)25-20-10-19(21(30)11-22(20)32-13-24(25)35(5)28(29)38)18-9-23(34-42(6,39)40)26(33-12-18)41-8-7-31-17(3)4/h9-13,16-17,31,34H,7-8,14-15H2,1-6H3. The Morgan fingerprint density at radius 3 is 2.50 bits per heavy atom.